The molecule has 2 aromatic rings. The summed E-state index contributed by atoms with van der Waals surface area (Å²) in [6, 6.07) is 3.34. The van der Waals surface area contributed by atoms with Gasteiger partial charge in [-0.2, -0.15) is 0 Å². The lowest BCUT2D eigenvalue weighted by Crippen LogP contribution is -2.04. The van der Waals surface area contributed by atoms with Gasteiger partial charge in [0.25, 0.3) is 0 Å². The second-order valence-electron chi connectivity index (χ2n) is 3.45. The molecule has 0 spiro atoms. The minimum Gasteiger partial charge on any atom is -0.464 e. The third kappa shape index (κ3) is 1.11. The molecule has 1 aromatic heterocycles. The molecule has 4 heteroatoms. The lowest BCUT2D eigenvalue weighted by Gasteiger charge is -2.00. The maximum atomic E-state index is 11.8. The summed E-state index contributed by atoms with van der Waals surface area (Å²) in [6.07, 6.45) is 1.45. The van der Waals surface area contributed by atoms with Crippen molar-refractivity contribution in [3.05, 3.63) is 34.2 Å². The van der Waals surface area contributed by atoms with Crippen LogP contribution in [-0.2, 0) is 0 Å². The van der Waals surface area contributed by atoms with Gasteiger partial charge in [0.15, 0.2) is 16.9 Å². The predicted molar refractivity (Wildman–Crippen MR) is 53.3 cm³/mol. The summed E-state index contributed by atoms with van der Waals surface area (Å²) in [7, 11) is 0. The first-order valence-electron chi connectivity index (χ1n) is 4.57. The fourth-order valence-corrected chi connectivity index (χ4v) is 1.62. The zero-order valence-electron chi connectivity index (χ0n) is 8.07. The summed E-state index contributed by atoms with van der Waals surface area (Å²) in [5.41, 5.74) is 1.07. The highest BCUT2D eigenvalue weighted by Crippen LogP contribution is 2.34. The number of benzene rings is 1. The molecule has 3 rings (SSSR count). The Kier molecular flexibility index (Phi) is 1.54. The topological polar surface area (TPSA) is 48.7 Å². The molecule has 2 heterocycles. The van der Waals surface area contributed by atoms with Crippen LogP contribution < -0.4 is 14.9 Å². The van der Waals surface area contributed by atoms with Crippen LogP contribution in [0.3, 0.4) is 0 Å². The van der Waals surface area contributed by atoms with Gasteiger partial charge in [-0.1, -0.05) is 0 Å². The number of fused-ring (bicyclic) bond motifs is 2. The number of ether oxygens (including phenoxy) is 2. The van der Waals surface area contributed by atoms with E-state index >= 15 is 0 Å². The van der Waals surface area contributed by atoms with Crippen molar-refractivity contribution in [2.45, 2.75) is 6.92 Å². The summed E-state index contributed by atoms with van der Waals surface area (Å²) in [4.78, 5) is 11.8. The molecule has 0 atom stereocenters. The molecule has 0 bridgehead atoms. The summed E-state index contributed by atoms with van der Waals surface area (Å²) in [6.45, 7) is 1.91. The maximum Gasteiger partial charge on any atom is 0.231 e. The van der Waals surface area contributed by atoms with Gasteiger partial charge in [-0.15, -0.1) is 0 Å². The third-order valence-electron chi connectivity index (χ3n) is 2.44. The molecule has 15 heavy (non-hydrogen) atoms. The molecule has 1 aliphatic rings. The van der Waals surface area contributed by atoms with Crippen molar-refractivity contribution < 1.29 is 13.9 Å². The van der Waals surface area contributed by atoms with E-state index < -0.39 is 0 Å². The summed E-state index contributed by atoms with van der Waals surface area (Å²) >= 11 is 0. The molecule has 0 saturated carbocycles. The van der Waals surface area contributed by atoms with Crippen molar-refractivity contribution in [2.75, 3.05) is 6.79 Å². The fourth-order valence-electron chi connectivity index (χ4n) is 1.62. The van der Waals surface area contributed by atoms with E-state index in [0.29, 0.717) is 28.0 Å². The fraction of sp³-hybridized carbons (Fsp3) is 0.182. The summed E-state index contributed by atoms with van der Waals surface area (Å²) < 4.78 is 15.7. The monoisotopic (exact) mass is 204 g/mol. The minimum atomic E-state index is -0.0328. The highest BCUT2D eigenvalue weighted by molar-refractivity contribution is 5.81. The van der Waals surface area contributed by atoms with Gasteiger partial charge in [0, 0.05) is 11.6 Å². The molecule has 1 aromatic carbocycles. The van der Waals surface area contributed by atoms with Gasteiger partial charge in [0.1, 0.15) is 5.58 Å². The number of hydrogen-bond donors (Lipinski definition) is 0. The third-order valence-corrected chi connectivity index (χ3v) is 2.44. The average Bonchev–Trinajstić information content (AvgIpc) is 2.68. The molecular weight excluding hydrogens is 196 g/mol. The van der Waals surface area contributed by atoms with Crippen molar-refractivity contribution in [1.82, 2.24) is 0 Å². The van der Waals surface area contributed by atoms with Crippen LogP contribution in [0, 0.1) is 6.92 Å². The van der Waals surface area contributed by atoms with Gasteiger partial charge in [-0.25, -0.2) is 0 Å². The van der Waals surface area contributed by atoms with Crippen LogP contribution in [0.15, 0.2) is 27.6 Å². The van der Waals surface area contributed by atoms with Crippen molar-refractivity contribution in [3.8, 4) is 11.5 Å². The largest absolute Gasteiger partial charge is 0.464 e. The summed E-state index contributed by atoms with van der Waals surface area (Å²) in [5, 5.41) is 0.527. The molecule has 0 N–H and O–H groups in total. The van der Waals surface area contributed by atoms with E-state index in [2.05, 4.69) is 0 Å². The summed E-state index contributed by atoms with van der Waals surface area (Å²) in [5.74, 6) is 1.22. The Morgan fingerprint density at radius 1 is 1.20 bits per heavy atom. The molecule has 1 aliphatic heterocycles. The lowest BCUT2D eigenvalue weighted by molar-refractivity contribution is 0.174. The molecule has 0 fully saturated rings. The Labute approximate surface area is 85.0 Å². The van der Waals surface area contributed by atoms with E-state index in [-0.39, 0.29) is 12.2 Å². The van der Waals surface area contributed by atoms with Crippen LogP contribution >= 0.6 is 0 Å². The highest BCUT2D eigenvalue weighted by atomic mass is 16.7. The van der Waals surface area contributed by atoms with Gasteiger partial charge in [-0.05, 0) is 13.0 Å². The molecule has 0 aliphatic carbocycles. The van der Waals surface area contributed by atoms with Gasteiger partial charge < -0.3 is 13.9 Å². The Hall–Kier alpha value is -1.97. The van der Waals surface area contributed by atoms with Gasteiger partial charge >= 0.3 is 0 Å². The zero-order valence-corrected chi connectivity index (χ0v) is 8.07. The first kappa shape index (κ1) is 8.35. The molecule has 0 amide bonds. The smallest absolute Gasteiger partial charge is 0.231 e. The van der Waals surface area contributed by atoms with Crippen molar-refractivity contribution in [1.29, 1.82) is 0 Å². The number of rotatable bonds is 0. The highest BCUT2D eigenvalue weighted by Gasteiger charge is 2.16. The van der Waals surface area contributed by atoms with E-state index in [1.165, 1.54) is 6.26 Å². The number of aryl methyl sites for hydroxylation is 1. The van der Waals surface area contributed by atoms with Crippen LogP contribution in [0.5, 0.6) is 11.5 Å². The first-order valence-corrected chi connectivity index (χ1v) is 4.57. The van der Waals surface area contributed by atoms with Crippen molar-refractivity contribution in [3.63, 3.8) is 0 Å². The van der Waals surface area contributed by atoms with E-state index in [0.717, 1.165) is 0 Å². The molecule has 0 unspecified atom stereocenters. The van der Waals surface area contributed by atoms with Crippen molar-refractivity contribution >= 4 is 11.0 Å². The van der Waals surface area contributed by atoms with Gasteiger partial charge in [0.2, 0.25) is 6.79 Å². The van der Waals surface area contributed by atoms with Crippen LogP contribution in [0.2, 0.25) is 0 Å². The Bertz CT molecular complexity index is 597. The van der Waals surface area contributed by atoms with E-state index in [9.17, 15) is 4.79 Å². The van der Waals surface area contributed by atoms with E-state index in [4.69, 9.17) is 13.9 Å². The van der Waals surface area contributed by atoms with Crippen LogP contribution in [0.1, 0.15) is 5.56 Å². The normalized spacial score (nSPS) is 13.4. The Morgan fingerprint density at radius 3 is 2.73 bits per heavy atom. The van der Waals surface area contributed by atoms with Crippen molar-refractivity contribution in [2.24, 2.45) is 0 Å². The molecule has 0 saturated heterocycles. The van der Waals surface area contributed by atoms with Gasteiger partial charge in [0.05, 0.1) is 11.6 Å². The second-order valence-corrected chi connectivity index (χ2v) is 3.45. The molecule has 4 nitrogen and oxygen atoms in total. The minimum absolute atomic E-state index is 0.0328. The molecule has 76 valence electrons. The van der Waals surface area contributed by atoms with Crippen LogP contribution in [-0.4, -0.2) is 6.79 Å². The zero-order chi connectivity index (χ0) is 10.4. The maximum absolute atomic E-state index is 11.8. The van der Waals surface area contributed by atoms with Crippen LogP contribution in [0.4, 0.5) is 0 Å². The quantitative estimate of drug-likeness (QED) is 0.656. The average molecular weight is 204 g/mol. The Balaban J connectivity index is 2.44. The lowest BCUT2D eigenvalue weighted by atomic mass is 10.1. The second kappa shape index (κ2) is 2.76. The standard InChI is InChI=1S/C11H8O4/c1-6-4-13-8-3-10-9(14-5-15-10)2-7(8)11(6)12/h2-4H,5H2,1H3. The number of hydrogen-bond acceptors (Lipinski definition) is 4. The predicted octanol–water partition coefficient (Wildman–Crippen LogP) is 1.83. The SMILES string of the molecule is Cc1coc2cc3c(cc2c1=O)OCO3. The van der Waals surface area contributed by atoms with E-state index in [1.807, 2.05) is 0 Å². The molecular formula is C11H8O4. The van der Waals surface area contributed by atoms with Gasteiger partial charge in [-0.3, -0.25) is 4.79 Å². The van der Waals surface area contributed by atoms with Crippen LogP contribution in [0.25, 0.3) is 11.0 Å². The van der Waals surface area contributed by atoms with E-state index in [1.54, 1.807) is 19.1 Å². The first-order chi connectivity index (χ1) is 7.25. The molecule has 0 radical (unpaired) electrons. The Morgan fingerprint density at radius 2 is 1.93 bits per heavy atom.